The number of aryl methyl sites for hydroxylation is 2. The van der Waals surface area contributed by atoms with E-state index in [4.69, 9.17) is 4.74 Å². The molecule has 0 heterocycles. The molecule has 1 N–H and O–H groups in total. The van der Waals surface area contributed by atoms with Crippen LogP contribution in [0.2, 0.25) is 0 Å². The fraction of sp³-hybridized carbons (Fsp3) is 0.533. The van der Waals surface area contributed by atoms with E-state index in [1.54, 1.807) is 4.90 Å². The van der Waals surface area contributed by atoms with Gasteiger partial charge in [0.25, 0.3) is 0 Å². The molecule has 0 fully saturated rings. The van der Waals surface area contributed by atoms with E-state index in [2.05, 4.69) is 18.3 Å². The number of benzene rings is 1. The number of carbonyl (C=O) groups is 1. The Balaban J connectivity index is 2.35. The molecule has 4 heteroatoms. The highest BCUT2D eigenvalue weighted by atomic mass is 16.5. The Labute approximate surface area is 115 Å². The third-order valence-electron chi connectivity index (χ3n) is 3.03. The zero-order valence-corrected chi connectivity index (χ0v) is 12.3. The van der Waals surface area contributed by atoms with Crippen molar-refractivity contribution in [1.82, 2.24) is 10.2 Å². The highest BCUT2D eigenvalue weighted by molar-refractivity contribution is 5.75. The standard InChI is InChI=1S/C15H24N2O2/c1-12-5-6-14(13(2)11-12)19-10-7-15(18)17(4)9-8-16-3/h5-6,11,16H,7-10H2,1-4H3. The summed E-state index contributed by atoms with van der Waals surface area (Å²) in [5, 5.41) is 3.02. The number of hydrogen-bond donors (Lipinski definition) is 1. The molecule has 0 atom stereocenters. The summed E-state index contributed by atoms with van der Waals surface area (Å²) < 4.78 is 5.65. The van der Waals surface area contributed by atoms with Crippen LogP contribution in [-0.4, -0.2) is 44.6 Å². The molecule has 1 aromatic rings. The Morgan fingerprint density at radius 3 is 2.74 bits per heavy atom. The third-order valence-corrected chi connectivity index (χ3v) is 3.03. The summed E-state index contributed by atoms with van der Waals surface area (Å²) >= 11 is 0. The average molecular weight is 264 g/mol. The van der Waals surface area contributed by atoms with Crippen LogP contribution in [0.15, 0.2) is 18.2 Å². The quantitative estimate of drug-likeness (QED) is 0.816. The molecule has 1 amide bonds. The predicted molar refractivity (Wildman–Crippen MR) is 77.6 cm³/mol. The number of ether oxygens (including phenoxy) is 1. The first kappa shape index (κ1) is 15.5. The van der Waals surface area contributed by atoms with Gasteiger partial charge in [0.05, 0.1) is 13.0 Å². The summed E-state index contributed by atoms with van der Waals surface area (Å²) in [5.74, 6) is 0.969. The minimum absolute atomic E-state index is 0.111. The van der Waals surface area contributed by atoms with Crippen LogP contribution in [0, 0.1) is 13.8 Å². The smallest absolute Gasteiger partial charge is 0.225 e. The number of carbonyl (C=O) groups excluding carboxylic acids is 1. The van der Waals surface area contributed by atoms with Gasteiger partial charge in [-0.15, -0.1) is 0 Å². The SMILES string of the molecule is CNCCN(C)C(=O)CCOc1ccc(C)cc1C. The van der Waals surface area contributed by atoms with Crippen LogP contribution < -0.4 is 10.1 Å². The van der Waals surface area contributed by atoms with E-state index in [1.807, 2.05) is 33.2 Å². The first-order valence-corrected chi connectivity index (χ1v) is 6.63. The lowest BCUT2D eigenvalue weighted by Crippen LogP contribution is -2.33. The Kier molecular flexibility index (Phi) is 6.36. The first-order valence-electron chi connectivity index (χ1n) is 6.63. The van der Waals surface area contributed by atoms with Crippen LogP contribution in [0.3, 0.4) is 0 Å². The molecule has 0 aromatic heterocycles. The van der Waals surface area contributed by atoms with Crippen LogP contribution in [0.25, 0.3) is 0 Å². The molecule has 1 aromatic carbocycles. The number of nitrogens with one attached hydrogen (secondary N) is 1. The highest BCUT2D eigenvalue weighted by Crippen LogP contribution is 2.18. The Bertz CT molecular complexity index is 419. The second-order valence-corrected chi connectivity index (χ2v) is 4.79. The van der Waals surface area contributed by atoms with E-state index in [1.165, 1.54) is 5.56 Å². The molecule has 0 aliphatic heterocycles. The maximum absolute atomic E-state index is 11.8. The molecule has 0 unspecified atom stereocenters. The van der Waals surface area contributed by atoms with Crippen molar-refractivity contribution >= 4 is 5.91 Å². The Morgan fingerprint density at radius 2 is 2.11 bits per heavy atom. The molecule has 19 heavy (non-hydrogen) atoms. The van der Waals surface area contributed by atoms with Gasteiger partial charge < -0.3 is 15.0 Å². The van der Waals surface area contributed by atoms with Crippen molar-refractivity contribution < 1.29 is 9.53 Å². The van der Waals surface area contributed by atoms with Crippen molar-refractivity contribution in [3.63, 3.8) is 0 Å². The summed E-state index contributed by atoms with van der Waals surface area (Å²) in [6, 6.07) is 6.05. The topological polar surface area (TPSA) is 41.6 Å². The van der Waals surface area contributed by atoms with Crippen LogP contribution in [0.1, 0.15) is 17.5 Å². The number of nitrogens with zero attached hydrogens (tertiary/aromatic N) is 1. The molecule has 0 bridgehead atoms. The molecule has 4 nitrogen and oxygen atoms in total. The van der Waals surface area contributed by atoms with Crippen molar-refractivity contribution in [1.29, 1.82) is 0 Å². The van der Waals surface area contributed by atoms with Crippen molar-refractivity contribution in [3.05, 3.63) is 29.3 Å². The van der Waals surface area contributed by atoms with Crippen LogP contribution in [0.5, 0.6) is 5.75 Å². The van der Waals surface area contributed by atoms with Crippen LogP contribution >= 0.6 is 0 Å². The summed E-state index contributed by atoms with van der Waals surface area (Å²) in [6.45, 7) is 6.02. The molecular weight excluding hydrogens is 240 g/mol. The van der Waals surface area contributed by atoms with Gasteiger partial charge in [-0.05, 0) is 32.5 Å². The second kappa shape index (κ2) is 7.79. The zero-order chi connectivity index (χ0) is 14.3. The largest absolute Gasteiger partial charge is 0.493 e. The lowest BCUT2D eigenvalue weighted by molar-refractivity contribution is -0.130. The number of hydrogen-bond acceptors (Lipinski definition) is 3. The lowest BCUT2D eigenvalue weighted by Gasteiger charge is -2.17. The Morgan fingerprint density at radius 1 is 1.37 bits per heavy atom. The fourth-order valence-corrected chi connectivity index (χ4v) is 1.80. The van der Waals surface area contributed by atoms with E-state index >= 15 is 0 Å². The highest BCUT2D eigenvalue weighted by Gasteiger charge is 2.08. The molecule has 0 saturated heterocycles. The number of rotatable bonds is 7. The monoisotopic (exact) mass is 264 g/mol. The van der Waals surface area contributed by atoms with Gasteiger partial charge in [0.15, 0.2) is 0 Å². The second-order valence-electron chi connectivity index (χ2n) is 4.79. The maximum atomic E-state index is 11.8. The minimum Gasteiger partial charge on any atom is -0.493 e. The third kappa shape index (κ3) is 5.30. The minimum atomic E-state index is 0.111. The lowest BCUT2D eigenvalue weighted by atomic mass is 10.1. The molecule has 0 saturated carbocycles. The van der Waals surface area contributed by atoms with Gasteiger partial charge in [0, 0.05) is 20.1 Å². The van der Waals surface area contributed by atoms with Gasteiger partial charge >= 0.3 is 0 Å². The van der Waals surface area contributed by atoms with Gasteiger partial charge in [0.2, 0.25) is 5.91 Å². The van der Waals surface area contributed by atoms with E-state index in [0.29, 0.717) is 13.0 Å². The van der Waals surface area contributed by atoms with Crippen LogP contribution in [-0.2, 0) is 4.79 Å². The number of amides is 1. The normalized spacial score (nSPS) is 10.3. The first-order chi connectivity index (χ1) is 9.04. The average Bonchev–Trinajstić information content (AvgIpc) is 2.38. The molecule has 106 valence electrons. The summed E-state index contributed by atoms with van der Waals surface area (Å²) in [6.07, 6.45) is 0.410. The van der Waals surface area contributed by atoms with Gasteiger partial charge in [-0.2, -0.15) is 0 Å². The van der Waals surface area contributed by atoms with E-state index in [9.17, 15) is 4.79 Å². The number of likely N-dealkylation sites (N-methyl/N-ethyl adjacent to an activating group) is 2. The van der Waals surface area contributed by atoms with Gasteiger partial charge in [-0.3, -0.25) is 4.79 Å². The summed E-state index contributed by atoms with van der Waals surface area (Å²) in [7, 11) is 3.69. The van der Waals surface area contributed by atoms with Crippen molar-refractivity contribution in [2.24, 2.45) is 0 Å². The molecule has 0 spiro atoms. The van der Waals surface area contributed by atoms with Crippen molar-refractivity contribution in [3.8, 4) is 5.75 Å². The maximum Gasteiger partial charge on any atom is 0.225 e. The zero-order valence-electron chi connectivity index (χ0n) is 12.3. The molecule has 0 aliphatic carbocycles. The van der Waals surface area contributed by atoms with Gasteiger partial charge in [-0.25, -0.2) is 0 Å². The molecular formula is C15H24N2O2. The van der Waals surface area contributed by atoms with E-state index in [0.717, 1.165) is 24.4 Å². The molecule has 1 rings (SSSR count). The van der Waals surface area contributed by atoms with Crippen LogP contribution in [0.4, 0.5) is 0 Å². The van der Waals surface area contributed by atoms with E-state index in [-0.39, 0.29) is 5.91 Å². The van der Waals surface area contributed by atoms with Crippen molar-refractivity contribution in [2.75, 3.05) is 33.8 Å². The van der Waals surface area contributed by atoms with Gasteiger partial charge in [0.1, 0.15) is 5.75 Å². The molecule has 0 aliphatic rings. The predicted octanol–water partition coefficient (Wildman–Crippen LogP) is 1.75. The summed E-state index contributed by atoms with van der Waals surface area (Å²) in [5.41, 5.74) is 2.32. The fourth-order valence-electron chi connectivity index (χ4n) is 1.80. The summed E-state index contributed by atoms with van der Waals surface area (Å²) in [4.78, 5) is 13.5. The van der Waals surface area contributed by atoms with Gasteiger partial charge in [-0.1, -0.05) is 17.7 Å². The van der Waals surface area contributed by atoms with E-state index < -0.39 is 0 Å². The molecule has 0 radical (unpaired) electrons. The Hall–Kier alpha value is -1.55. The van der Waals surface area contributed by atoms with Crippen molar-refractivity contribution in [2.45, 2.75) is 20.3 Å².